The Hall–Kier alpha value is -0.670. The van der Waals surface area contributed by atoms with E-state index in [2.05, 4.69) is 0 Å². The number of rotatable bonds is 5. The van der Waals surface area contributed by atoms with Gasteiger partial charge in [0.1, 0.15) is 0 Å². The van der Waals surface area contributed by atoms with Gasteiger partial charge in [0.25, 0.3) is 0 Å². The number of carbonyl (C=O) groups excluding carboxylic acids is 1. The molecule has 0 radical (unpaired) electrons. The Morgan fingerprint density at radius 1 is 1.50 bits per heavy atom. The van der Waals surface area contributed by atoms with E-state index in [9.17, 15) is 9.00 Å². The third-order valence-corrected chi connectivity index (χ3v) is 4.46. The van der Waals surface area contributed by atoms with E-state index in [0.29, 0.717) is 10.6 Å². The molecule has 0 amide bonds. The Kier molecular flexibility index (Phi) is 5.16. The molecular weight excluding hydrogens is 244 g/mol. The second-order valence-electron chi connectivity index (χ2n) is 3.68. The van der Waals surface area contributed by atoms with Gasteiger partial charge in [-0.3, -0.25) is 9.00 Å². The fourth-order valence-electron chi connectivity index (χ4n) is 1.20. The molecule has 16 heavy (non-hydrogen) atoms. The van der Waals surface area contributed by atoms with Crippen LogP contribution in [0.15, 0.2) is 24.3 Å². The van der Waals surface area contributed by atoms with Crippen molar-refractivity contribution in [1.82, 2.24) is 0 Å². The Morgan fingerprint density at radius 2 is 2.19 bits per heavy atom. The third kappa shape index (κ3) is 3.72. The lowest BCUT2D eigenvalue weighted by atomic mass is 10.1. The fraction of sp³-hybridized carbons (Fsp3) is 0.417. The fourth-order valence-corrected chi connectivity index (χ4v) is 2.47. The summed E-state index contributed by atoms with van der Waals surface area (Å²) in [5, 5.41) is 0.586. The average Bonchev–Trinajstić information content (AvgIpc) is 2.27. The minimum absolute atomic E-state index is 0.0585. The van der Waals surface area contributed by atoms with E-state index in [1.54, 1.807) is 24.3 Å². The van der Waals surface area contributed by atoms with Gasteiger partial charge in [-0.2, -0.15) is 0 Å². The molecule has 2 nitrogen and oxygen atoms in total. The van der Waals surface area contributed by atoms with Crippen molar-refractivity contribution in [3.63, 3.8) is 0 Å². The number of ketones is 1. The van der Waals surface area contributed by atoms with E-state index in [1.165, 1.54) is 0 Å². The molecule has 0 aliphatic rings. The van der Waals surface area contributed by atoms with Crippen molar-refractivity contribution >= 4 is 28.2 Å². The smallest absolute Gasteiger partial charge is 0.175 e. The van der Waals surface area contributed by atoms with Crippen molar-refractivity contribution in [1.29, 1.82) is 0 Å². The van der Waals surface area contributed by atoms with Crippen LogP contribution in [0.1, 0.15) is 30.6 Å². The highest BCUT2D eigenvalue weighted by molar-refractivity contribution is 7.86. The highest BCUT2D eigenvalue weighted by Gasteiger charge is 2.15. The van der Waals surface area contributed by atoms with Crippen LogP contribution in [0.5, 0.6) is 0 Å². The van der Waals surface area contributed by atoms with Gasteiger partial charge in [-0.1, -0.05) is 37.6 Å². The molecule has 1 rings (SSSR count). The van der Waals surface area contributed by atoms with Crippen LogP contribution in [0.4, 0.5) is 0 Å². The summed E-state index contributed by atoms with van der Waals surface area (Å²) in [6, 6.07) is 6.74. The molecule has 0 aromatic heterocycles. The lowest BCUT2D eigenvalue weighted by Gasteiger charge is -2.07. The second-order valence-corrected chi connectivity index (χ2v) is 5.97. The van der Waals surface area contributed by atoms with Crippen LogP contribution >= 0.6 is 11.6 Å². The summed E-state index contributed by atoms with van der Waals surface area (Å²) in [4.78, 5) is 11.8. The molecular formula is C12H15ClO2S. The van der Waals surface area contributed by atoms with Crippen LogP contribution in [0.3, 0.4) is 0 Å². The van der Waals surface area contributed by atoms with Crippen molar-refractivity contribution in [2.45, 2.75) is 25.5 Å². The number of carbonyl (C=O) groups is 1. The average molecular weight is 259 g/mol. The molecule has 0 bridgehead atoms. The normalized spacial score (nSPS) is 14.4. The zero-order valence-electron chi connectivity index (χ0n) is 9.40. The molecule has 0 aliphatic heterocycles. The summed E-state index contributed by atoms with van der Waals surface area (Å²) in [6.07, 6.45) is 0.815. The Morgan fingerprint density at radius 3 is 2.75 bits per heavy atom. The number of Topliss-reactive ketones (excluding diaryl/α,β-unsaturated/α-hetero) is 1. The van der Waals surface area contributed by atoms with Gasteiger partial charge in [-0.05, 0) is 18.6 Å². The van der Waals surface area contributed by atoms with E-state index in [1.807, 2.05) is 13.8 Å². The van der Waals surface area contributed by atoms with E-state index >= 15 is 0 Å². The molecule has 0 saturated heterocycles. The van der Waals surface area contributed by atoms with E-state index in [0.717, 1.165) is 6.42 Å². The molecule has 0 fully saturated rings. The van der Waals surface area contributed by atoms with E-state index in [4.69, 9.17) is 11.6 Å². The molecule has 4 heteroatoms. The molecule has 2 atom stereocenters. The van der Waals surface area contributed by atoms with Crippen LogP contribution in [-0.2, 0) is 10.8 Å². The maximum Gasteiger partial charge on any atom is 0.175 e. The summed E-state index contributed by atoms with van der Waals surface area (Å²) in [5.41, 5.74) is 0.532. The number of benzene rings is 1. The first-order valence-corrected chi connectivity index (χ1v) is 6.96. The molecule has 2 unspecified atom stereocenters. The number of hydrogen-bond acceptors (Lipinski definition) is 2. The van der Waals surface area contributed by atoms with Gasteiger partial charge in [-0.15, -0.1) is 0 Å². The molecule has 1 aromatic rings. The number of halogens is 1. The van der Waals surface area contributed by atoms with Gasteiger partial charge in [0.15, 0.2) is 5.78 Å². The molecule has 0 aliphatic carbocycles. The Labute approximate surface area is 103 Å². The monoisotopic (exact) mass is 258 g/mol. The Bertz CT molecular complexity index is 404. The van der Waals surface area contributed by atoms with Gasteiger partial charge in [0.05, 0.1) is 5.75 Å². The predicted octanol–water partition coefficient (Wildman–Crippen LogP) is 3.07. The first-order chi connectivity index (χ1) is 7.54. The SMILES string of the molecule is CCC(C)S(=O)CC(=O)c1cccc(Cl)c1. The van der Waals surface area contributed by atoms with Crippen molar-refractivity contribution in [3.8, 4) is 0 Å². The van der Waals surface area contributed by atoms with Gasteiger partial charge < -0.3 is 0 Å². The van der Waals surface area contributed by atoms with Crippen LogP contribution in [-0.4, -0.2) is 21.0 Å². The third-order valence-electron chi connectivity index (χ3n) is 2.44. The molecule has 0 spiro atoms. The van der Waals surface area contributed by atoms with Crippen molar-refractivity contribution in [2.24, 2.45) is 0 Å². The zero-order chi connectivity index (χ0) is 12.1. The minimum Gasteiger partial charge on any atom is -0.293 e. The van der Waals surface area contributed by atoms with Crippen molar-refractivity contribution in [3.05, 3.63) is 34.9 Å². The quantitative estimate of drug-likeness (QED) is 0.761. The molecule has 0 saturated carbocycles. The minimum atomic E-state index is -1.09. The highest BCUT2D eigenvalue weighted by Crippen LogP contribution is 2.12. The first kappa shape index (κ1) is 13.4. The van der Waals surface area contributed by atoms with Crippen LogP contribution < -0.4 is 0 Å². The Balaban J connectivity index is 2.69. The van der Waals surface area contributed by atoms with Gasteiger partial charge >= 0.3 is 0 Å². The van der Waals surface area contributed by atoms with Crippen molar-refractivity contribution < 1.29 is 9.00 Å². The van der Waals surface area contributed by atoms with Gasteiger partial charge in [-0.25, -0.2) is 0 Å². The van der Waals surface area contributed by atoms with Gasteiger partial charge in [0.2, 0.25) is 0 Å². The molecule has 0 heterocycles. The molecule has 1 aromatic carbocycles. The van der Waals surface area contributed by atoms with E-state index < -0.39 is 10.8 Å². The summed E-state index contributed by atoms with van der Waals surface area (Å²) < 4.78 is 11.7. The van der Waals surface area contributed by atoms with Crippen LogP contribution in [0, 0.1) is 0 Å². The second kappa shape index (κ2) is 6.16. The lowest BCUT2D eigenvalue weighted by Crippen LogP contribution is -2.19. The maximum absolute atomic E-state index is 11.8. The largest absolute Gasteiger partial charge is 0.293 e. The number of hydrogen-bond donors (Lipinski definition) is 0. The summed E-state index contributed by atoms with van der Waals surface area (Å²) >= 11 is 5.79. The van der Waals surface area contributed by atoms with Crippen LogP contribution in [0.25, 0.3) is 0 Å². The van der Waals surface area contributed by atoms with E-state index in [-0.39, 0.29) is 16.8 Å². The van der Waals surface area contributed by atoms with Gasteiger partial charge in [0, 0.05) is 26.6 Å². The van der Waals surface area contributed by atoms with Crippen LogP contribution in [0.2, 0.25) is 5.02 Å². The van der Waals surface area contributed by atoms with Crippen molar-refractivity contribution in [2.75, 3.05) is 5.75 Å². The first-order valence-electron chi connectivity index (χ1n) is 5.20. The molecule has 0 N–H and O–H groups in total. The standard InChI is InChI=1S/C12H15ClO2S/c1-3-9(2)16(15)8-12(14)10-5-4-6-11(13)7-10/h4-7,9H,3,8H2,1-2H3. The highest BCUT2D eigenvalue weighted by atomic mass is 35.5. The lowest BCUT2D eigenvalue weighted by molar-refractivity contribution is 0.102. The summed E-state index contributed by atoms with van der Waals surface area (Å²) in [6.45, 7) is 3.85. The summed E-state index contributed by atoms with van der Waals surface area (Å²) in [5.74, 6) is -0.0313. The topological polar surface area (TPSA) is 34.1 Å². The molecule has 88 valence electrons. The maximum atomic E-state index is 11.8. The predicted molar refractivity (Wildman–Crippen MR) is 68.5 cm³/mol. The summed E-state index contributed by atoms with van der Waals surface area (Å²) in [7, 11) is -1.09. The zero-order valence-corrected chi connectivity index (χ0v) is 11.0.